The number of hydrogen-bond donors (Lipinski definition) is 2. The average Bonchev–Trinajstić information content (AvgIpc) is 3.27. The van der Waals surface area contributed by atoms with Gasteiger partial charge in [0.15, 0.2) is 17.6 Å². The molecule has 0 saturated heterocycles. The van der Waals surface area contributed by atoms with E-state index in [1.807, 2.05) is 23.2 Å². The maximum atomic E-state index is 4.75. The van der Waals surface area contributed by atoms with E-state index in [0.717, 1.165) is 55.1 Å². The SMILES string of the molecule is CCc1nc2n(n1)CC(NC(=NCc1nnc(C)n1C)NC1CC1)CC2. The molecule has 2 aromatic heterocycles. The lowest BCUT2D eigenvalue weighted by molar-refractivity contribution is 0.391. The number of guanidine groups is 1. The highest BCUT2D eigenvalue weighted by Gasteiger charge is 2.26. The number of rotatable bonds is 5. The molecule has 9 heteroatoms. The van der Waals surface area contributed by atoms with Crippen molar-refractivity contribution in [1.29, 1.82) is 0 Å². The Labute approximate surface area is 153 Å². The molecule has 1 aliphatic heterocycles. The van der Waals surface area contributed by atoms with Gasteiger partial charge in [0.2, 0.25) is 0 Å². The second-order valence-corrected chi connectivity index (χ2v) is 7.17. The van der Waals surface area contributed by atoms with Gasteiger partial charge in [0.1, 0.15) is 18.2 Å². The number of hydrogen-bond acceptors (Lipinski definition) is 5. The molecular formula is C17H27N9. The standard InChI is InChI=1S/C17H27N9/c1-4-14-21-15-8-7-13(10-26(15)24-14)20-17(19-12-5-6-12)18-9-16-23-22-11(2)25(16)3/h12-13H,4-10H2,1-3H3,(H2,18,19,20). The highest BCUT2D eigenvalue weighted by molar-refractivity contribution is 5.80. The maximum absolute atomic E-state index is 4.75. The summed E-state index contributed by atoms with van der Waals surface area (Å²) in [7, 11) is 1.97. The van der Waals surface area contributed by atoms with Crippen LogP contribution in [0.5, 0.6) is 0 Å². The average molecular weight is 357 g/mol. The number of nitrogens with zero attached hydrogens (tertiary/aromatic N) is 7. The summed E-state index contributed by atoms with van der Waals surface area (Å²) in [6.45, 7) is 5.39. The van der Waals surface area contributed by atoms with Gasteiger partial charge in [-0.15, -0.1) is 10.2 Å². The Kier molecular flexibility index (Phi) is 4.60. The molecule has 1 aliphatic carbocycles. The predicted molar refractivity (Wildman–Crippen MR) is 97.7 cm³/mol. The van der Waals surface area contributed by atoms with Gasteiger partial charge in [-0.3, -0.25) is 0 Å². The Hall–Kier alpha value is -2.45. The third-order valence-electron chi connectivity index (χ3n) is 5.04. The number of nitrogens with one attached hydrogen (secondary N) is 2. The lowest BCUT2D eigenvalue weighted by Gasteiger charge is -2.25. The van der Waals surface area contributed by atoms with Gasteiger partial charge < -0.3 is 15.2 Å². The molecule has 2 aliphatic rings. The monoisotopic (exact) mass is 357 g/mol. The zero-order valence-corrected chi connectivity index (χ0v) is 15.7. The van der Waals surface area contributed by atoms with Gasteiger partial charge in [0, 0.05) is 32.0 Å². The zero-order chi connectivity index (χ0) is 18.1. The van der Waals surface area contributed by atoms with Crippen LogP contribution in [0.4, 0.5) is 0 Å². The molecule has 2 aromatic rings. The van der Waals surface area contributed by atoms with Crippen LogP contribution in [0.25, 0.3) is 0 Å². The van der Waals surface area contributed by atoms with E-state index in [4.69, 9.17) is 4.99 Å². The van der Waals surface area contributed by atoms with Crippen molar-refractivity contribution in [1.82, 2.24) is 40.2 Å². The summed E-state index contributed by atoms with van der Waals surface area (Å²) < 4.78 is 4.02. The zero-order valence-electron chi connectivity index (χ0n) is 15.7. The topological polar surface area (TPSA) is 97.8 Å². The van der Waals surface area contributed by atoms with Crippen LogP contribution in [0.15, 0.2) is 4.99 Å². The van der Waals surface area contributed by atoms with Gasteiger partial charge in [0.05, 0.1) is 6.54 Å². The van der Waals surface area contributed by atoms with Crippen LogP contribution in [0.2, 0.25) is 0 Å². The number of aromatic nitrogens is 6. The Morgan fingerprint density at radius 2 is 2.00 bits per heavy atom. The Morgan fingerprint density at radius 1 is 1.19 bits per heavy atom. The lowest BCUT2D eigenvalue weighted by Crippen LogP contribution is -2.47. The van der Waals surface area contributed by atoms with Gasteiger partial charge >= 0.3 is 0 Å². The van der Waals surface area contributed by atoms with Crippen LogP contribution in [0, 0.1) is 6.92 Å². The van der Waals surface area contributed by atoms with Crippen molar-refractivity contribution in [3.63, 3.8) is 0 Å². The molecule has 1 atom stereocenters. The lowest BCUT2D eigenvalue weighted by atomic mass is 10.1. The molecular weight excluding hydrogens is 330 g/mol. The van der Waals surface area contributed by atoms with Gasteiger partial charge in [-0.2, -0.15) is 5.10 Å². The minimum absolute atomic E-state index is 0.306. The van der Waals surface area contributed by atoms with E-state index in [2.05, 4.69) is 37.8 Å². The van der Waals surface area contributed by atoms with Gasteiger partial charge in [0.25, 0.3) is 0 Å². The molecule has 1 unspecified atom stereocenters. The molecule has 0 aromatic carbocycles. The van der Waals surface area contributed by atoms with Crippen LogP contribution in [0.1, 0.15) is 49.5 Å². The third kappa shape index (κ3) is 3.71. The highest BCUT2D eigenvalue weighted by Crippen LogP contribution is 2.19. The fraction of sp³-hybridized carbons (Fsp3) is 0.706. The first-order valence-electron chi connectivity index (χ1n) is 9.47. The number of aliphatic imine (C=N–C) groups is 1. The van der Waals surface area contributed by atoms with Crippen molar-refractivity contribution in [3.8, 4) is 0 Å². The summed E-state index contributed by atoms with van der Waals surface area (Å²) in [6.07, 6.45) is 5.29. The smallest absolute Gasteiger partial charge is 0.192 e. The van der Waals surface area contributed by atoms with E-state index in [0.29, 0.717) is 18.6 Å². The van der Waals surface area contributed by atoms with Crippen LogP contribution in [-0.2, 0) is 33.0 Å². The normalized spacial score (nSPS) is 20.1. The summed E-state index contributed by atoms with van der Waals surface area (Å²) >= 11 is 0. The summed E-state index contributed by atoms with van der Waals surface area (Å²) in [5.74, 6) is 4.66. The van der Waals surface area contributed by atoms with E-state index in [9.17, 15) is 0 Å². The Bertz CT molecular complexity index is 799. The highest BCUT2D eigenvalue weighted by atomic mass is 15.4. The molecule has 140 valence electrons. The molecule has 26 heavy (non-hydrogen) atoms. The second kappa shape index (κ2) is 7.05. The molecule has 1 saturated carbocycles. The molecule has 3 heterocycles. The fourth-order valence-electron chi connectivity index (χ4n) is 3.11. The minimum atomic E-state index is 0.306. The van der Waals surface area contributed by atoms with Crippen molar-refractivity contribution in [2.75, 3.05) is 0 Å². The first-order valence-corrected chi connectivity index (χ1v) is 9.47. The summed E-state index contributed by atoms with van der Waals surface area (Å²) in [6, 6.07) is 0.847. The fourth-order valence-corrected chi connectivity index (χ4v) is 3.11. The van der Waals surface area contributed by atoms with Crippen LogP contribution >= 0.6 is 0 Å². The van der Waals surface area contributed by atoms with Crippen molar-refractivity contribution < 1.29 is 0 Å². The quantitative estimate of drug-likeness (QED) is 0.597. The molecule has 4 rings (SSSR count). The van der Waals surface area contributed by atoms with Crippen molar-refractivity contribution >= 4 is 5.96 Å². The largest absolute Gasteiger partial charge is 0.354 e. The van der Waals surface area contributed by atoms with Crippen LogP contribution < -0.4 is 10.6 Å². The summed E-state index contributed by atoms with van der Waals surface area (Å²) in [4.78, 5) is 9.34. The van der Waals surface area contributed by atoms with Gasteiger partial charge in [-0.05, 0) is 26.2 Å². The molecule has 0 bridgehead atoms. The molecule has 1 fully saturated rings. The summed E-state index contributed by atoms with van der Waals surface area (Å²) in [5.41, 5.74) is 0. The Balaban J connectivity index is 1.43. The molecule has 2 N–H and O–H groups in total. The first kappa shape index (κ1) is 17.0. The van der Waals surface area contributed by atoms with E-state index in [-0.39, 0.29) is 0 Å². The number of aryl methyl sites for hydroxylation is 3. The van der Waals surface area contributed by atoms with E-state index >= 15 is 0 Å². The molecule has 9 nitrogen and oxygen atoms in total. The minimum Gasteiger partial charge on any atom is -0.354 e. The predicted octanol–water partition coefficient (Wildman–Crippen LogP) is 0.490. The molecule has 0 amide bonds. The van der Waals surface area contributed by atoms with Crippen molar-refractivity contribution in [2.24, 2.45) is 12.0 Å². The first-order chi connectivity index (χ1) is 12.6. The van der Waals surface area contributed by atoms with Crippen molar-refractivity contribution in [3.05, 3.63) is 23.3 Å². The van der Waals surface area contributed by atoms with E-state index < -0.39 is 0 Å². The van der Waals surface area contributed by atoms with Crippen LogP contribution in [0.3, 0.4) is 0 Å². The van der Waals surface area contributed by atoms with E-state index in [1.54, 1.807) is 0 Å². The van der Waals surface area contributed by atoms with Crippen molar-refractivity contribution in [2.45, 2.75) is 71.1 Å². The molecule has 0 spiro atoms. The van der Waals surface area contributed by atoms with E-state index in [1.165, 1.54) is 12.8 Å². The van der Waals surface area contributed by atoms with Gasteiger partial charge in [-0.1, -0.05) is 6.92 Å². The van der Waals surface area contributed by atoms with Gasteiger partial charge in [-0.25, -0.2) is 14.7 Å². The number of fused-ring (bicyclic) bond motifs is 1. The summed E-state index contributed by atoms with van der Waals surface area (Å²) in [5, 5.41) is 20.0. The maximum Gasteiger partial charge on any atom is 0.192 e. The molecule has 0 radical (unpaired) electrons. The Morgan fingerprint density at radius 3 is 2.69 bits per heavy atom. The second-order valence-electron chi connectivity index (χ2n) is 7.17. The third-order valence-corrected chi connectivity index (χ3v) is 5.04. The van der Waals surface area contributed by atoms with Crippen LogP contribution in [-0.4, -0.2) is 47.6 Å².